The summed E-state index contributed by atoms with van der Waals surface area (Å²) in [5.41, 5.74) is 11.2. The molecule has 9 aromatic carbocycles. The summed E-state index contributed by atoms with van der Waals surface area (Å²) < 4.78 is 15.6. The van der Waals surface area contributed by atoms with Crippen LogP contribution < -0.4 is 0 Å². The third-order valence-corrected chi connectivity index (χ3v) is 12.1. The molecule has 0 fully saturated rings. The van der Waals surface area contributed by atoms with Gasteiger partial charge in [0, 0.05) is 60.1 Å². The van der Waals surface area contributed by atoms with Gasteiger partial charge in [0.25, 0.3) is 0 Å². The van der Waals surface area contributed by atoms with Crippen molar-refractivity contribution in [2.75, 3.05) is 0 Å². The topological polar surface area (TPSA) is 69.9 Å². The van der Waals surface area contributed by atoms with Gasteiger partial charge in [0.15, 0.2) is 11.6 Å². The highest BCUT2D eigenvalue weighted by Gasteiger charge is 2.24. The minimum atomic E-state index is 0.513. The molecule has 6 nitrogen and oxygen atoms in total. The van der Waals surface area contributed by atoms with Crippen LogP contribution in [0, 0.1) is 0 Å². The lowest BCUT2D eigenvalue weighted by Gasteiger charge is -2.13. The fourth-order valence-electron chi connectivity index (χ4n) is 9.31. The van der Waals surface area contributed by atoms with E-state index in [1.54, 1.807) is 0 Å². The zero-order valence-electron chi connectivity index (χ0n) is 32.6. The van der Waals surface area contributed by atoms with E-state index in [-0.39, 0.29) is 0 Å². The summed E-state index contributed by atoms with van der Waals surface area (Å²) in [6.07, 6.45) is 0. The lowest BCUT2D eigenvalue weighted by atomic mass is 9.98. The second-order valence-corrected chi connectivity index (χ2v) is 15.5. The predicted molar refractivity (Wildman–Crippen MR) is 248 cm³/mol. The minimum Gasteiger partial charge on any atom is -0.456 e. The van der Waals surface area contributed by atoms with Gasteiger partial charge in [-0.1, -0.05) is 170 Å². The van der Waals surface area contributed by atoms with Crippen LogP contribution in [0.15, 0.2) is 203 Å². The monoisotopic (exact) mass is 780 g/mol. The van der Waals surface area contributed by atoms with E-state index in [9.17, 15) is 0 Å². The van der Waals surface area contributed by atoms with Gasteiger partial charge in [-0.15, -0.1) is 0 Å². The van der Waals surface area contributed by atoms with Crippen LogP contribution in [0.25, 0.3) is 127 Å². The number of hydrogen-bond donors (Lipinski definition) is 0. The molecule has 284 valence electrons. The van der Waals surface area contributed by atoms with Crippen molar-refractivity contribution in [2.24, 2.45) is 0 Å². The lowest BCUT2D eigenvalue weighted by Crippen LogP contribution is -2.07. The van der Waals surface area contributed by atoms with Crippen LogP contribution in [0.3, 0.4) is 0 Å². The first-order valence-electron chi connectivity index (χ1n) is 20.4. The molecule has 13 rings (SSSR count). The average Bonchev–Trinajstić information content (AvgIpc) is 4.02. The summed E-state index contributed by atoms with van der Waals surface area (Å²) in [5.74, 6) is 1.64. The molecule has 13 aromatic rings. The molecule has 4 aromatic heterocycles. The van der Waals surface area contributed by atoms with Crippen molar-refractivity contribution in [3.05, 3.63) is 194 Å². The van der Waals surface area contributed by atoms with Crippen molar-refractivity contribution < 1.29 is 8.83 Å². The number of fused-ring (bicyclic) bond motifs is 11. The molecular weight excluding hydrogens is 749 g/mol. The van der Waals surface area contributed by atoms with Crippen LogP contribution in [0.4, 0.5) is 0 Å². The molecule has 0 radical (unpaired) electrons. The summed E-state index contributed by atoms with van der Waals surface area (Å²) in [7, 11) is 0. The first kappa shape index (κ1) is 33.6. The molecule has 6 heteroatoms. The maximum absolute atomic E-state index is 7.01. The molecule has 0 unspecified atom stereocenters. The van der Waals surface area contributed by atoms with Crippen LogP contribution >= 0.6 is 0 Å². The molecule has 0 atom stereocenters. The van der Waals surface area contributed by atoms with E-state index in [0.717, 1.165) is 110 Å². The Morgan fingerprint density at radius 3 is 1.77 bits per heavy atom. The molecule has 0 aliphatic carbocycles. The highest BCUT2D eigenvalue weighted by Crippen LogP contribution is 2.45. The van der Waals surface area contributed by atoms with Crippen molar-refractivity contribution in [2.45, 2.75) is 0 Å². The lowest BCUT2D eigenvalue weighted by molar-refractivity contribution is 0.669. The summed E-state index contributed by atoms with van der Waals surface area (Å²) in [4.78, 5) is 15.8. The first-order valence-corrected chi connectivity index (χ1v) is 20.4. The van der Waals surface area contributed by atoms with Gasteiger partial charge in [-0.2, -0.15) is 9.97 Å². The molecule has 0 spiro atoms. The van der Waals surface area contributed by atoms with Crippen LogP contribution in [-0.2, 0) is 0 Å². The fraction of sp³-hybridized carbons (Fsp3) is 0. The fourth-order valence-corrected chi connectivity index (χ4v) is 9.31. The Bertz CT molecular complexity index is 3880. The third-order valence-electron chi connectivity index (χ3n) is 12.1. The van der Waals surface area contributed by atoms with Gasteiger partial charge in [0.2, 0.25) is 5.95 Å². The molecular formula is C55H32N4O2. The number of hydrogen-bond acceptors (Lipinski definition) is 5. The molecule has 61 heavy (non-hydrogen) atoms. The van der Waals surface area contributed by atoms with Gasteiger partial charge < -0.3 is 8.83 Å². The maximum Gasteiger partial charge on any atom is 0.238 e. The molecule has 0 saturated carbocycles. The Balaban J connectivity index is 1.12. The van der Waals surface area contributed by atoms with Gasteiger partial charge >= 0.3 is 0 Å². The number of aromatic nitrogens is 4. The molecule has 0 amide bonds. The van der Waals surface area contributed by atoms with E-state index in [0.29, 0.717) is 17.6 Å². The molecule has 4 heterocycles. The summed E-state index contributed by atoms with van der Waals surface area (Å²) >= 11 is 0. The van der Waals surface area contributed by atoms with Crippen LogP contribution in [0.2, 0.25) is 0 Å². The zero-order chi connectivity index (χ0) is 40.0. The number of para-hydroxylation sites is 4. The molecule has 0 aliphatic rings. The van der Waals surface area contributed by atoms with Crippen LogP contribution in [-0.4, -0.2) is 19.5 Å². The van der Waals surface area contributed by atoms with E-state index in [4.69, 9.17) is 23.8 Å². The number of furan rings is 2. The standard InChI is InChI=1S/C55H32N4O2/c1-3-14-33(15-4-1)38-21-11-24-43-44-25-13-23-42(52(44)61-51(38)43)41-22-12-26-45-49-37-19-8-7-16-34(37)29-31-46(49)59(50(41)45)55-57-53(35-17-5-2-6-18-35)56-54(58-55)36-28-30-40-39-20-9-10-27-47(39)60-48(40)32-36/h1-32H. The largest absolute Gasteiger partial charge is 0.456 e. The maximum atomic E-state index is 7.01. The highest BCUT2D eigenvalue weighted by atomic mass is 16.3. The SMILES string of the molecule is c1ccc(-c2nc(-c3ccc4c(c3)oc3ccccc34)nc(-n3c4ccc5ccccc5c4c4cccc(-c5cccc6c5oc5c(-c7ccccc7)cccc56)c43)n2)cc1. The van der Waals surface area contributed by atoms with Gasteiger partial charge in [-0.3, -0.25) is 4.57 Å². The van der Waals surface area contributed by atoms with E-state index in [1.807, 2.05) is 60.7 Å². The van der Waals surface area contributed by atoms with E-state index >= 15 is 0 Å². The van der Waals surface area contributed by atoms with Gasteiger partial charge in [-0.05, 0) is 40.6 Å². The molecule has 0 saturated heterocycles. The van der Waals surface area contributed by atoms with Crippen molar-refractivity contribution in [1.29, 1.82) is 0 Å². The van der Waals surface area contributed by atoms with Gasteiger partial charge in [-0.25, -0.2) is 4.98 Å². The van der Waals surface area contributed by atoms with Crippen molar-refractivity contribution in [3.8, 4) is 51.0 Å². The summed E-state index contributed by atoms with van der Waals surface area (Å²) in [5, 5.41) is 8.80. The second kappa shape index (κ2) is 13.1. The van der Waals surface area contributed by atoms with Crippen molar-refractivity contribution >= 4 is 76.5 Å². The van der Waals surface area contributed by atoms with Crippen molar-refractivity contribution in [1.82, 2.24) is 19.5 Å². The highest BCUT2D eigenvalue weighted by molar-refractivity contribution is 6.24. The Morgan fingerprint density at radius 2 is 0.967 bits per heavy atom. The van der Waals surface area contributed by atoms with E-state index in [2.05, 4.69) is 138 Å². The quantitative estimate of drug-likeness (QED) is 0.174. The van der Waals surface area contributed by atoms with Crippen LogP contribution in [0.1, 0.15) is 0 Å². The summed E-state index contributed by atoms with van der Waals surface area (Å²) in [6, 6.07) is 67.3. The Morgan fingerprint density at radius 1 is 0.361 bits per heavy atom. The molecule has 0 aliphatic heterocycles. The third kappa shape index (κ3) is 5.12. The second-order valence-electron chi connectivity index (χ2n) is 15.5. The first-order chi connectivity index (χ1) is 30.2. The Labute approximate surface area is 348 Å². The predicted octanol–water partition coefficient (Wildman–Crippen LogP) is 14.6. The van der Waals surface area contributed by atoms with Crippen molar-refractivity contribution in [3.63, 3.8) is 0 Å². The van der Waals surface area contributed by atoms with Gasteiger partial charge in [0.05, 0.1) is 11.0 Å². The minimum absolute atomic E-state index is 0.513. The normalized spacial score (nSPS) is 11.9. The molecule has 0 N–H and O–H groups in total. The molecule has 0 bridgehead atoms. The number of nitrogens with zero attached hydrogens (tertiary/aromatic N) is 4. The average molecular weight is 781 g/mol. The Kier molecular flexibility index (Phi) is 7.21. The zero-order valence-corrected chi connectivity index (χ0v) is 32.6. The number of benzene rings is 9. The summed E-state index contributed by atoms with van der Waals surface area (Å²) in [6.45, 7) is 0. The van der Waals surface area contributed by atoms with E-state index in [1.165, 1.54) is 0 Å². The van der Waals surface area contributed by atoms with Gasteiger partial charge in [0.1, 0.15) is 22.3 Å². The Hall–Kier alpha value is -8.35. The van der Waals surface area contributed by atoms with Crippen LogP contribution in [0.5, 0.6) is 0 Å². The van der Waals surface area contributed by atoms with E-state index < -0.39 is 0 Å². The number of rotatable bonds is 5. The smallest absolute Gasteiger partial charge is 0.238 e.